The van der Waals surface area contributed by atoms with Crippen LogP contribution >= 0.6 is 0 Å². The van der Waals surface area contributed by atoms with E-state index in [9.17, 15) is 14.4 Å². The fourth-order valence-corrected chi connectivity index (χ4v) is 6.11. The molecule has 0 N–H and O–H groups in total. The van der Waals surface area contributed by atoms with Crippen LogP contribution in [0.4, 0.5) is 0 Å². The van der Waals surface area contributed by atoms with E-state index in [1.165, 1.54) is 51.4 Å². The van der Waals surface area contributed by atoms with E-state index in [4.69, 9.17) is 14.2 Å². The minimum Gasteiger partial charge on any atom is -0.462 e. The minimum absolute atomic E-state index is 0.0972. The van der Waals surface area contributed by atoms with Gasteiger partial charge in [-0.15, -0.1) is 0 Å². The lowest BCUT2D eigenvalue weighted by molar-refractivity contribution is -0.167. The minimum atomic E-state index is -0.797. The highest BCUT2D eigenvalue weighted by Crippen LogP contribution is 2.12. The molecular formula is C51H86O6. The molecule has 6 heteroatoms. The van der Waals surface area contributed by atoms with Gasteiger partial charge < -0.3 is 14.2 Å². The molecule has 0 heterocycles. The van der Waals surface area contributed by atoms with E-state index in [2.05, 4.69) is 93.7 Å². The van der Waals surface area contributed by atoms with Crippen LogP contribution in [-0.2, 0) is 28.6 Å². The SMILES string of the molecule is CC/C=C\C/C=C\C/C=C\CCCCCC(=O)OC(COC(=O)CCCCCCC/C=C\C/C=C\CCCCC)COC(=O)CCCCCCC/C=C\CCCC. The molecule has 0 aliphatic rings. The third-order valence-corrected chi connectivity index (χ3v) is 9.66. The van der Waals surface area contributed by atoms with Crippen molar-refractivity contribution in [3.05, 3.63) is 72.9 Å². The van der Waals surface area contributed by atoms with E-state index >= 15 is 0 Å². The summed E-state index contributed by atoms with van der Waals surface area (Å²) in [5.74, 6) is -0.955. The molecule has 0 rings (SSSR count). The highest BCUT2D eigenvalue weighted by molar-refractivity contribution is 5.71. The predicted octanol–water partition coefficient (Wildman–Crippen LogP) is 15.1. The Hall–Kier alpha value is -3.15. The van der Waals surface area contributed by atoms with Crippen molar-refractivity contribution < 1.29 is 28.6 Å². The third-order valence-electron chi connectivity index (χ3n) is 9.66. The summed E-state index contributed by atoms with van der Waals surface area (Å²) in [7, 11) is 0. The molecule has 0 bridgehead atoms. The van der Waals surface area contributed by atoms with E-state index in [0.717, 1.165) is 122 Å². The van der Waals surface area contributed by atoms with Gasteiger partial charge in [-0.3, -0.25) is 14.4 Å². The maximum Gasteiger partial charge on any atom is 0.306 e. The van der Waals surface area contributed by atoms with Crippen LogP contribution in [0.1, 0.15) is 213 Å². The van der Waals surface area contributed by atoms with Gasteiger partial charge in [0.15, 0.2) is 6.10 Å². The molecule has 0 saturated heterocycles. The van der Waals surface area contributed by atoms with E-state index in [1.54, 1.807) is 0 Å². The number of hydrogen-bond donors (Lipinski definition) is 0. The zero-order valence-corrected chi connectivity index (χ0v) is 37.1. The summed E-state index contributed by atoms with van der Waals surface area (Å²) in [6.45, 7) is 6.39. The van der Waals surface area contributed by atoms with Crippen LogP contribution in [0.5, 0.6) is 0 Å². The van der Waals surface area contributed by atoms with Crippen LogP contribution in [0.2, 0.25) is 0 Å². The first kappa shape index (κ1) is 53.9. The zero-order valence-electron chi connectivity index (χ0n) is 37.1. The lowest BCUT2D eigenvalue weighted by Crippen LogP contribution is -2.30. The topological polar surface area (TPSA) is 78.9 Å². The molecule has 0 aliphatic heterocycles. The number of hydrogen-bond acceptors (Lipinski definition) is 6. The number of carbonyl (C=O) groups is 3. The Morgan fingerprint density at radius 1 is 0.368 bits per heavy atom. The molecule has 57 heavy (non-hydrogen) atoms. The number of rotatable bonds is 41. The van der Waals surface area contributed by atoms with Gasteiger partial charge in [-0.25, -0.2) is 0 Å². The van der Waals surface area contributed by atoms with Crippen molar-refractivity contribution in [1.82, 2.24) is 0 Å². The smallest absolute Gasteiger partial charge is 0.306 e. The van der Waals surface area contributed by atoms with E-state index in [0.29, 0.717) is 12.8 Å². The van der Waals surface area contributed by atoms with Crippen molar-refractivity contribution in [2.24, 2.45) is 0 Å². The monoisotopic (exact) mass is 795 g/mol. The zero-order chi connectivity index (χ0) is 41.5. The molecule has 326 valence electrons. The van der Waals surface area contributed by atoms with Gasteiger partial charge in [0.2, 0.25) is 0 Å². The molecule has 1 atom stereocenters. The highest BCUT2D eigenvalue weighted by atomic mass is 16.6. The summed E-state index contributed by atoms with van der Waals surface area (Å²) >= 11 is 0. The average molecular weight is 795 g/mol. The summed E-state index contributed by atoms with van der Waals surface area (Å²) in [4.78, 5) is 37.8. The Bertz CT molecular complexity index is 1100. The van der Waals surface area contributed by atoms with Gasteiger partial charge in [0.05, 0.1) is 0 Å². The summed E-state index contributed by atoms with van der Waals surface area (Å²) in [5, 5.41) is 0. The molecule has 0 aliphatic carbocycles. The number of ether oxygens (including phenoxy) is 3. The standard InChI is InChI=1S/C51H86O6/c1-4-7-10-13-16-19-22-24-25-27-29-32-35-38-41-44-50(53)56-47-48(46-55-49(52)43-40-37-34-31-28-21-18-15-12-9-6-3)57-51(54)45-42-39-36-33-30-26-23-20-17-14-11-8-5-2/h8,11,15-20,24-26,30,48H,4-7,9-10,12-14,21-23,27-29,31-47H2,1-3H3/b11-8-,18-15-,19-16-,20-17-,25-24-,30-26-. The summed E-state index contributed by atoms with van der Waals surface area (Å²) < 4.78 is 16.7. The Morgan fingerprint density at radius 2 is 0.702 bits per heavy atom. The molecule has 0 spiro atoms. The third kappa shape index (κ3) is 43.8. The number of allylic oxidation sites excluding steroid dienone is 12. The van der Waals surface area contributed by atoms with Crippen molar-refractivity contribution in [2.45, 2.75) is 219 Å². The molecule has 0 radical (unpaired) electrons. The van der Waals surface area contributed by atoms with Crippen LogP contribution in [0, 0.1) is 0 Å². The van der Waals surface area contributed by atoms with E-state index in [1.807, 2.05) is 0 Å². The molecule has 0 fully saturated rings. The average Bonchev–Trinajstić information content (AvgIpc) is 3.21. The van der Waals surface area contributed by atoms with E-state index in [-0.39, 0.29) is 37.5 Å². The molecule has 6 nitrogen and oxygen atoms in total. The lowest BCUT2D eigenvalue weighted by Gasteiger charge is -2.18. The van der Waals surface area contributed by atoms with Gasteiger partial charge in [0, 0.05) is 19.3 Å². The lowest BCUT2D eigenvalue weighted by atomic mass is 10.1. The number of unbranched alkanes of at least 4 members (excludes halogenated alkanes) is 18. The normalized spacial score (nSPS) is 12.7. The summed E-state index contributed by atoms with van der Waals surface area (Å²) in [6.07, 6.45) is 55.9. The molecule has 0 aromatic heterocycles. The van der Waals surface area contributed by atoms with E-state index < -0.39 is 6.10 Å². The largest absolute Gasteiger partial charge is 0.462 e. The van der Waals surface area contributed by atoms with Gasteiger partial charge in [-0.2, -0.15) is 0 Å². The first-order valence-electron chi connectivity index (χ1n) is 23.4. The van der Waals surface area contributed by atoms with Crippen molar-refractivity contribution in [2.75, 3.05) is 13.2 Å². The summed E-state index contributed by atoms with van der Waals surface area (Å²) in [5.41, 5.74) is 0. The second kappa shape index (κ2) is 45.6. The summed E-state index contributed by atoms with van der Waals surface area (Å²) in [6, 6.07) is 0. The van der Waals surface area contributed by atoms with Gasteiger partial charge in [-0.05, 0) is 103 Å². The molecular weight excluding hydrogens is 709 g/mol. The van der Waals surface area contributed by atoms with Crippen LogP contribution in [0.15, 0.2) is 72.9 Å². The first-order chi connectivity index (χ1) is 28.0. The highest BCUT2D eigenvalue weighted by Gasteiger charge is 2.19. The Morgan fingerprint density at radius 3 is 1.16 bits per heavy atom. The fourth-order valence-electron chi connectivity index (χ4n) is 6.11. The van der Waals surface area contributed by atoms with Gasteiger partial charge in [0.25, 0.3) is 0 Å². The van der Waals surface area contributed by atoms with Gasteiger partial charge in [0.1, 0.15) is 13.2 Å². The first-order valence-corrected chi connectivity index (χ1v) is 23.4. The Labute approximate surface area is 351 Å². The van der Waals surface area contributed by atoms with Crippen molar-refractivity contribution >= 4 is 17.9 Å². The quantitative estimate of drug-likeness (QED) is 0.0265. The molecule has 0 aromatic rings. The fraction of sp³-hybridized carbons (Fsp3) is 0.706. The van der Waals surface area contributed by atoms with Crippen LogP contribution in [0.3, 0.4) is 0 Å². The van der Waals surface area contributed by atoms with Crippen LogP contribution < -0.4 is 0 Å². The van der Waals surface area contributed by atoms with Crippen molar-refractivity contribution in [3.8, 4) is 0 Å². The van der Waals surface area contributed by atoms with Crippen molar-refractivity contribution in [1.29, 1.82) is 0 Å². The van der Waals surface area contributed by atoms with Crippen molar-refractivity contribution in [3.63, 3.8) is 0 Å². The van der Waals surface area contributed by atoms with Gasteiger partial charge >= 0.3 is 17.9 Å². The second-order valence-electron chi connectivity index (χ2n) is 15.3. The predicted molar refractivity (Wildman–Crippen MR) is 242 cm³/mol. The molecule has 0 saturated carbocycles. The molecule has 0 aromatic carbocycles. The number of esters is 3. The maximum atomic E-state index is 12.7. The number of carbonyl (C=O) groups excluding carboxylic acids is 3. The molecule has 0 amide bonds. The molecule has 1 unspecified atom stereocenters. The van der Waals surface area contributed by atoms with Crippen LogP contribution in [0.25, 0.3) is 0 Å². The maximum absolute atomic E-state index is 12.7. The Balaban J connectivity index is 4.46. The Kier molecular flexibility index (Phi) is 43.0. The van der Waals surface area contributed by atoms with Gasteiger partial charge in [-0.1, -0.05) is 164 Å². The van der Waals surface area contributed by atoms with Crippen LogP contribution in [-0.4, -0.2) is 37.2 Å². The second-order valence-corrected chi connectivity index (χ2v) is 15.3.